The van der Waals surface area contributed by atoms with Gasteiger partial charge in [0.05, 0.1) is 18.4 Å². The first-order valence-electron chi connectivity index (χ1n) is 6.83. The van der Waals surface area contributed by atoms with Gasteiger partial charge in [0, 0.05) is 11.8 Å². The minimum atomic E-state index is -0.420. The van der Waals surface area contributed by atoms with Crippen molar-refractivity contribution >= 4 is 11.6 Å². The van der Waals surface area contributed by atoms with E-state index >= 15 is 0 Å². The molecule has 20 heavy (non-hydrogen) atoms. The lowest BCUT2D eigenvalue weighted by molar-refractivity contribution is 0.0600. The number of aryl methyl sites for hydroxylation is 1. The number of hydrogen-bond donors (Lipinski definition) is 0. The zero-order valence-electron chi connectivity index (χ0n) is 11.4. The Labute approximate surface area is 116 Å². The van der Waals surface area contributed by atoms with Crippen LogP contribution in [-0.4, -0.2) is 22.5 Å². The van der Waals surface area contributed by atoms with Crippen LogP contribution in [0.1, 0.15) is 40.9 Å². The molecule has 0 aromatic carbocycles. The maximum atomic E-state index is 12.5. The van der Waals surface area contributed by atoms with Crippen molar-refractivity contribution in [3.05, 3.63) is 45.5 Å². The fraction of sp³-hybridized carbons (Fsp3) is 0.400. The molecule has 0 fully saturated rings. The molecule has 2 heterocycles. The number of ether oxygens (including phenoxy) is 1. The largest absolute Gasteiger partial charge is 0.465 e. The van der Waals surface area contributed by atoms with E-state index in [-0.39, 0.29) is 5.56 Å². The van der Waals surface area contributed by atoms with Crippen LogP contribution in [0.3, 0.4) is 0 Å². The van der Waals surface area contributed by atoms with Crippen molar-refractivity contribution < 1.29 is 9.53 Å². The molecular formula is C15H16N2O3. The fourth-order valence-corrected chi connectivity index (χ4v) is 2.69. The quantitative estimate of drug-likeness (QED) is 0.586. The summed E-state index contributed by atoms with van der Waals surface area (Å²) in [5.74, 6) is -0.420. The molecule has 5 heteroatoms. The van der Waals surface area contributed by atoms with E-state index in [1.54, 1.807) is 18.3 Å². The Bertz CT molecular complexity index is 734. The Morgan fingerprint density at radius 2 is 2.10 bits per heavy atom. The number of hydrogen-bond acceptors (Lipinski definition) is 4. The van der Waals surface area contributed by atoms with E-state index in [1.165, 1.54) is 11.5 Å². The predicted molar refractivity (Wildman–Crippen MR) is 74.1 cm³/mol. The molecule has 1 aliphatic carbocycles. The third-order valence-electron chi connectivity index (χ3n) is 3.77. The molecule has 0 aliphatic heterocycles. The zero-order chi connectivity index (χ0) is 14.1. The maximum Gasteiger partial charge on any atom is 0.338 e. The molecule has 5 nitrogen and oxygen atoms in total. The molecule has 0 saturated heterocycles. The molecule has 0 unspecified atom stereocenters. The van der Waals surface area contributed by atoms with Gasteiger partial charge in [-0.25, -0.2) is 9.78 Å². The summed E-state index contributed by atoms with van der Waals surface area (Å²) < 4.78 is 6.20. The summed E-state index contributed by atoms with van der Waals surface area (Å²) in [4.78, 5) is 28.6. The Morgan fingerprint density at radius 3 is 2.90 bits per heavy atom. The van der Waals surface area contributed by atoms with Crippen molar-refractivity contribution in [3.8, 4) is 0 Å². The lowest BCUT2D eigenvalue weighted by Crippen LogP contribution is -2.22. The number of pyridine rings is 1. The van der Waals surface area contributed by atoms with Crippen LogP contribution in [0.2, 0.25) is 0 Å². The Morgan fingerprint density at radius 1 is 1.30 bits per heavy atom. The fourth-order valence-electron chi connectivity index (χ4n) is 2.69. The van der Waals surface area contributed by atoms with E-state index in [2.05, 4.69) is 4.98 Å². The van der Waals surface area contributed by atoms with E-state index in [1.807, 2.05) is 0 Å². The van der Waals surface area contributed by atoms with Gasteiger partial charge in [-0.15, -0.1) is 0 Å². The van der Waals surface area contributed by atoms with Gasteiger partial charge in [-0.1, -0.05) is 6.42 Å². The summed E-state index contributed by atoms with van der Waals surface area (Å²) in [7, 11) is 1.34. The molecule has 0 amide bonds. The van der Waals surface area contributed by atoms with E-state index in [0.717, 1.165) is 43.4 Å². The average molecular weight is 272 g/mol. The molecule has 0 atom stereocenters. The molecule has 0 radical (unpaired) electrons. The second-order valence-corrected chi connectivity index (χ2v) is 5.04. The lowest BCUT2D eigenvalue weighted by Gasteiger charge is -2.08. The smallest absolute Gasteiger partial charge is 0.338 e. The van der Waals surface area contributed by atoms with Gasteiger partial charge in [-0.3, -0.25) is 9.20 Å². The predicted octanol–water partition coefficient (Wildman–Crippen LogP) is 1.75. The van der Waals surface area contributed by atoms with Gasteiger partial charge < -0.3 is 4.74 Å². The number of rotatable bonds is 1. The SMILES string of the molecule is COC(=O)c1ccn2c(=O)c3c(nc2c1)CCCCC3. The van der Waals surface area contributed by atoms with Gasteiger partial charge in [-0.05, 0) is 37.8 Å². The number of carbonyl (C=O) groups is 1. The molecule has 2 aromatic rings. The molecule has 2 aromatic heterocycles. The van der Waals surface area contributed by atoms with Crippen LogP contribution in [-0.2, 0) is 17.6 Å². The van der Waals surface area contributed by atoms with E-state index in [4.69, 9.17) is 4.74 Å². The number of aromatic nitrogens is 2. The molecule has 0 saturated carbocycles. The number of fused-ring (bicyclic) bond motifs is 2. The molecule has 3 rings (SSSR count). The van der Waals surface area contributed by atoms with Crippen molar-refractivity contribution in [1.82, 2.24) is 9.38 Å². The second kappa shape index (κ2) is 5.07. The Hall–Kier alpha value is -2.17. The second-order valence-electron chi connectivity index (χ2n) is 5.04. The summed E-state index contributed by atoms with van der Waals surface area (Å²) in [6.07, 6.45) is 6.46. The normalized spacial score (nSPS) is 14.7. The molecule has 0 bridgehead atoms. The summed E-state index contributed by atoms with van der Waals surface area (Å²) in [6.45, 7) is 0. The van der Waals surface area contributed by atoms with Gasteiger partial charge in [0.15, 0.2) is 0 Å². The van der Waals surface area contributed by atoms with Crippen molar-refractivity contribution in [2.45, 2.75) is 32.1 Å². The van der Waals surface area contributed by atoms with Crippen LogP contribution in [0.5, 0.6) is 0 Å². The Balaban J connectivity index is 2.22. The first-order chi connectivity index (χ1) is 9.70. The number of carbonyl (C=O) groups excluding carboxylic acids is 1. The van der Waals surface area contributed by atoms with Gasteiger partial charge in [0.25, 0.3) is 5.56 Å². The van der Waals surface area contributed by atoms with Crippen LogP contribution in [0.25, 0.3) is 5.65 Å². The van der Waals surface area contributed by atoms with Crippen molar-refractivity contribution in [2.24, 2.45) is 0 Å². The summed E-state index contributed by atoms with van der Waals surface area (Å²) in [5, 5.41) is 0. The van der Waals surface area contributed by atoms with Crippen LogP contribution in [0, 0.1) is 0 Å². The maximum absolute atomic E-state index is 12.5. The average Bonchev–Trinajstić information content (AvgIpc) is 2.71. The van der Waals surface area contributed by atoms with Gasteiger partial charge in [-0.2, -0.15) is 0 Å². The highest BCUT2D eigenvalue weighted by molar-refractivity contribution is 5.90. The van der Waals surface area contributed by atoms with Gasteiger partial charge in [0.1, 0.15) is 5.65 Å². The zero-order valence-corrected chi connectivity index (χ0v) is 11.4. The number of methoxy groups -OCH3 is 1. The highest BCUT2D eigenvalue weighted by Crippen LogP contribution is 2.17. The minimum Gasteiger partial charge on any atom is -0.465 e. The highest BCUT2D eigenvalue weighted by Gasteiger charge is 2.16. The molecular weight excluding hydrogens is 256 g/mol. The van der Waals surface area contributed by atoms with Crippen LogP contribution in [0.4, 0.5) is 0 Å². The monoisotopic (exact) mass is 272 g/mol. The van der Waals surface area contributed by atoms with E-state index < -0.39 is 5.97 Å². The van der Waals surface area contributed by atoms with Crippen molar-refractivity contribution in [1.29, 1.82) is 0 Å². The third-order valence-corrected chi connectivity index (χ3v) is 3.77. The van der Waals surface area contributed by atoms with Gasteiger partial charge in [0.2, 0.25) is 0 Å². The molecule has 0 N–H and O–H groups in total. The van der Waals surface area contributed by atoms with Crippen LogP contribution >= 0.6 is 0 Å². The standard InChI is InChI=1S/C15H16N2O3/c1-20-15(19)10-7-8-17-13(9-10)16-12-6-4-2-3-5-11(12)14(17)18/h7-9H,2-6H2,1H3. The van der Waals surface area contributed by atoms with Crippen LogP contribution in [0.15, 0.2) is 23.1 Å². The summed E-state index contributed by atoms with van der Waals surface area (Å²) >= 11 is 0. The van der Waals surface area contributed by atoms with E-state index in [9.17, 15) is 9.59 Å². The molecule has 0 spiro atoms. The van der Waals surface area contributed by atoms with E-state index in [0.29, 0.717) is 11.2 Å². The first-order valence-corrected chi connectivity index (χ1v) is 6.83. The van der Waals surface area contributed by atoms with Crippen molar-refractivity contribution in [2.75, 3.05) is 7.11 Å². The topological polar surface area (TPSA) is 60.7 Å². The molecule has 1 aliphatic rings. The lowest BCUT2D eigenvalue weighted by atomic mass is 10.1. The van der Waals surface area contributed by atoms with Crippen molar-refractivity contribution in [3.63, 3.8) is 0 Å². The van der Waals surface area contributed by atoms with Crippen LogP contribution < -0.4 is 5.56 Å². The molecule has 104 valence electrons. The first kappa shape index (κ1) is 12.8. The Kier molecular flexibility index (Phi) is 3.26. The van der Waals surface area contributed by atoms with Gasteiger partial charge >= 0.3 is 5.97 Å². The third kappa shape index (κ3) is 2.09. The minimum absolute atomic E-state index is 0.0108. The number of nitrogens with zero attached hydrogens (tertiary/aromatic N) is 2. The summed E-state index contributed by atoms with van der Waals surface area (Å²) in [6, 6.07) is 3.20. The highest BCUT2D eigenvalue weighted by atomic mass is 16.5. The number of esters is 1. The summed E-state index contributed by atoms with van der Waals surface area (Å²) in [5.41, 5.74) is 2.62.